The first kappa shape index (κ1) is 11.9. The number of carboxylic acid groups (broad SMARTS) is 2. The summed E-state index contributed by atoms with van der Waals surface area (Å²) in [5.74, 6) is -2.45. The summed E-state index contributed by atoms with van der Waals surface area (Å²) >= 11 is 0. The molecule has 0 saturated heterocycles. The van der Waals surface area contributed by atoms with Crippen molar-refractivity contribution in [3.63, 3.8) is 0 Å². The summed E-state index contributed by atoms with van der Waals surface area (Å²) < 4.78 is 4.76. The normalized spacial score (nSPS) is 14.9. The fraction of sp³-hybridized carbons (Fsp3) is 0.714. The number of aliphatic carboxylic acids is 2. The molecule has 13 heavy (non-hydrogen) atoms. The largest absolute Gasteiger partial charge is 0.481 e. The summed E-state index contributed by atoms with van der Waals surface area (Å²) in [7, 11) is 0. The summed E-state index contributed by atoms with van der Waals surface area (Å²) in [6.45, 7) is 1.72. The Balaban J connectivity index is 4.24. The maximum absolute atomic E-state index is 10.6. The highest BCUT2D eigenvalue weighted by Crippen LogP contribution is 2.11. The van der Waals surface area contributed by atoms with Crippen molar-refractivity contribution in [1.29, 1.82) is 0 Å². The molecule has 0 unspecified atom stereocenters. The second-order valence-electron chi connectivity index (χ2n) is 2.52. The van der Waals surface area contributed by atoms with Crippen LogP contribution in [0.4, 0.5) is 0 Å². The molecular weight excluding hydrogens is 178 g/mol. The molecule has 0 fully saturated rings. The van der Waals surface area contributed by atoms with Gasteiger partial charge >= 0.3 is 11.9 Å². The SMILES string of the molecule is CCO[C@](N)(CCC(=O)O)C(=O)O. The van der Waals surface area contributed by atoms with E-state index in [1.807, 2.05) is 0 Å². The van der Waals surface area contributed by atoms with Gasteiger partial charge in [-0.15, -0.1) is 0 Å². The van der Waals surface area contributed by atoms with Crippen LogP contribution in [0.2, 0.25) is 0 Å². The van der Waals surface area contributed by atoms with Crippen LogP contribution in [0.25, 0.3) is 0 Å². The molecule has 0 aromatic carbocycles. The summed E-state index contributed by atoms with van der Waals surface area (Å²) in [5, 5.41) is 17.0. The second-order valence-corrected chi connectivity index (χ2v) is 2.52. The van der Waals surface area contributed by atoms with Gasteiger partial charge in [0.1, 0.15) is 0 Å². The third-order valence-corrected chi connectivity index (χ3v) is 1.47. The molecule has 6 nitrogen and oxygen atoms in total. The minimum absolute atomic E-state index is 0.127. The molecule has 0 heterocycles. The van der Waals surface area contributed by atoms with Crippen LogP contribution >= 0.6 is 0 Å². The number of nitrogens with two attached hydrogens (primary N) is 1. The monoisotopic (exact) mass is 191 g/mol. The van der Waals surface area contributed by atoms with Gasteiger partial charge in [0.2, 0.25) is 5.72 Å². The maximum Gasteiger partial charge on any atom is 0.351 e. The van der Waals surface area contributed by atoms with E-state index in [1.165, 1.54) is 0 Å². The molecule has 0 aromatic rings. The third-order valence-electron chi connectivity index (χ3n) is 1.47. The van der Waals surface area contributed by atoms with Crippen LogP contribution in [0.3, 0.4) is 0 Å². The Kier molecular flexibility index (Phi) is 4.36. The number of rotatable bonds is 6. The van der Waals surface area contributed by atoms with Crippen LogP contribution < -0.4 is 5.73 Å². The van der Waals surface area contributed by atoms with Crippen molar-refractivity contribution in [2.24, 2.45) is 5.73 Å². The molecule has 76 valence electrons. The van der Waals surface area contributed by atoms with E-state index in [9.17, 15) is 9.59 Å². The van der Waals surface area contributed by atoms with E-state index in [4.69, 9.17) is 20.7 Å². The van der Waals surface area contributed by atoms with E-state index >= 15 is 0 Å². The molecule has 4 N–H and O–H groups in total. The first-order chi connectivity index (χ1) is 5.92. The average molecular weight is 191 g/mol. The maximum atomic E-state index is 10.6. The fourth-order valence-corrected chi connectivity index (χ4v) is 0.791. The highest BCUT2D eigenvalue weighted by Gasteiger charge is 2.34. The van der Waals surface area contributed by atoms with Crippen molar-refractivity contribution in [2.75, 3.05) is 6.61 Å². The second kappa shape index (κ2) is 4.78. The van der Waals surface area contributed by atoms with Gasteiger partial charge < -0.3 is 14.9 Å². The van der Waals surface area contributed by atoms with E-state index in [0.717, 1.165) is 0 Å². The molecule has 0 amide bonds. The topological polar surface area (TPSA) is 110 Å². The van der Waals surface area contributed by atoms with Gasteiger partial charge in [-0.1, -0.05) is 0 Å². The molecule has 0 saturated carbocycles. The Hall–Kier alpha value is -1.14. The van der Waals surface area contributed by atoms with E-state index in [-0.39, 0.29) is 19.4 Å². The van der Waals surface area contributed by atoms with E-state index in [0.29, 0.717) is 0 Å². The van der Waals surface area contributed by atoms with E-state index < -0.39 is 17.7 Å². The Bertz CT molecular complexity index is 205. The van der Waals surface area contributed by atoms with Gasteiger partial charge in [-0.25, -0.2) is 4.79 Å². The van der Waals surface area contributed by atoms with Gasteiger partial charge in [-0.2, -0.15) is 0 Å². The Morgan fingerprint density at radius 2 is 2.00 bits per heavy atom. The predicted molar refractivity (Wildman–Crippen MR) is 43.0 cm³/mol. The van der Waals surface area contributed by atoms with Crippen molar-refractivity contribution in [2.45, 2.75) is 25.5 Å². The van der Waals surface area contributed by atoms with Crippen LogP contribution in [-0.2, 0) is 14.3 Å². The summed E-state index contributed by atoms with van der Waals surface area (Å²) in [6.07, 6.45) is -0.575. The van der Waals surface area contributed by atoms with Crippen molar-refractivity contribution in [3.8, 4) is 0 Å². The third kappa shape index (κ3) is 3.86. The fourth-order valence-electron chi connectivity index (χ4n) is 0.791. The van der Waals surface area contributed by atoms with Gasteiger partial charge in [-0.3, -0.25) is 10.5 Å². The van der Waals surface area contributed by atoms with Crippen molar-refractivity contribution >= 4 is 11.9 Å². The number of ether oxygens (including phenoxy) is 1. The standard InChI is InChI=1S/C7H13NO5/c1-2-13-7(8,6(11)12)4-3-5(9)10/h2-4,8H2,1H3,(H,9,10)(H,11,12)/t7-/m1/s1. The number of carbonyl (C=O) groups is 2. The molecule has 0 aliphatic rings. The van der Waals surface area contributed by atoms with Gasteiger partial charge in [0.15, 0.2) is 0 Å². The lowest BCUT2D eigenvalue weighted by atomic mass is 10.1. The van der Waals surface area contributed by atoms with Crippen molar-refractivity contribution < 1.29 is 24.5 Å². The zero-order valence-corrected chi connectivity index (χ0v) is 7.32. The smallest absolute Gasteiger partial charge is 0.351 e. The van der Waals surface area contributed by atoms with Crippen molar-refractivity contribution in [3.05, 3.63) is 0 Å². The summed E-state index contributed by atoms with van der Waals surface area (Å²) in [6, 6.07) is 0. The molecule has 0 aromatic heterocycles. The molecule has 0 radical (unpaired) electrons. The molecule has 6 heteroatoms. The van der Waals surface area contributed by atoms with E-state index in [1.54, 1.807) is 6.92 Å². The zero-order valence-electron chi connectivity index (χ0n) is 7.32. The number of hydrogen-bond acceptors (Lipinski definition) is 4. The molecule has 0 bridgehead atoms. The van der Waals surface area contributed by atoms with Crippen LogP contribution in [-0.4, -0.2) is 34.5 Å². The number of hydrogen-bond donors (Lipinski definition) is 3. The Morgan fingerprint density at radius 3 is 2.31 bits per heavy atom. The Labute approximate surface area is 75.3 Å². The Morgan fingerprint density at radius 1 is 1.46 bits per heavy atom. The molecule has 0 rings (SSSR count). The van der Waals surface area contributed by atoms with Gasteiger partial charge in [0.05, 0.1) is 0 Å². The first-order valence-corrected chi connectivity index (χ1v) is 3.80. The molecule has 0 aliphatic heterocycles. The number of carboxylic acids is 2. The highest BCUT2D eigenvalue weighted by atomic mass is 16.5. The van der Waals surface area contributed by atoms with Crippen LogP contribution in [0.5, 0.6) is 0 Å². The molecule has 0 aliphatic carbocycles. The summed E-state index contributed by atoms with van der Waals surface area (Å²) in [4.78, 5) is 20.7. The van der Waals surface area contributed by atoms with Crippen LogP contribution in [0, 0.1) is 0 Å². The molecule has 1 atom stereocenters. The van der Waals surface area contributed by atoms with Crippen LogP contribution in [0.1, 0.15) is 19.8 Å². The van der Waals surface area contributed by atoms with Crippen LogP contribution in [0.15, 0.2) is 0 Å². The lowest BCUT2D eigenvalue weighted by Crippen LogP contribution is -2.50. The first-order valence-electron chi connectivity index (χ1n) is 3.80. The highest BCUT2D eigenvalue weighted by molar-refractivity contribution is 5.77. The lowest BCUT2D eigenvalue weighted by Gasteiger charge is -2.23. The summed E-state index contributed by atoms with van der Waals surface area (Å²) in [5.41, 5.74) is 3.43. The minimum atomic E-state index is -1.88. The molecule has 0 spiro atoms. The van der Waals surface area contributed by atoms with Crippen molar-refractivity contribution in [1.82, 2.24) is 0 Å². The van der Waals surface area contributed by atoms with E-state index in [2.05, 4.69) is 0 Å². The minimum Gasteiger partial charge on any atom is -0.481 e. The van der Waals surface area contributed by atoms with Gasteiger partial charge in [-0.05, 0) is 6.92 Å². The quantitative estimate of drug-likeness (QED) is 0.494. The van der Waals surface area contributed by atoms with Gasteiger partial charge in [0.25, 0.3) is 0 Å². The lowest BCUT2D eigenvalue weighted by molar-refractivity contribution is -0.166. The molecular formula is C7H13NO5. The van der Waals surface area contributed by atoms with Gasteiger partial charge in [0, 0.05) is 19.4 Å². The predicted octanol–water partition coefficient (Wildman–Crippen LogP) is -0.373. The average Bonchev–Trinajstić information content (AvgIpc) is 2.01. The zero-order chi connectivity index (χ0) is 10.5.